The van der Waals surface area contributed by atoms with E-state index in [0.717, 1.165) is 0 Å². The lowest BCUT2D eigenvalue weighted by atomic mass is 10.3. The molecule has 26 heavy (non-hydrogen) atoms. The molecule has 0 saturated carbocycles. The molecule has 8 nitrogen and oxygen atoms in total. The molecule has 0 spiro atoms. The third-order valence-electron chi connectivity index (χ3n) is 4.66. The molecule has 0 aliphatic carbocycles. The van der Waals surface area contributed by atoms with Crippen LogP contribution in [0, 0.1) is 0 Å². The smallest absolute Gasteiger partial charge is 0.408 e. The lowest BCUT2D eigenvalue weighted by Gasteiger charge is -2.36. The molecule has 1 aliphatic rings. The summed E-state index contributed by atoms with van der Waals surface area (Å²) < 4.78 is 34.9. The molecule has 0 atom stereocenters. The molecule has 2 aromatic rings. The fraction of sp³-hybridized carbons (Fsp3) is 0.562. The van der Waals surface area contributed by atoms with E-state index in [1.54, 1.807) is 22.8 Å². The molecule has 1 aliphatic heterocycles. The van der Waals surface area contributed by atoms with E-state index in [9.17, 15) is 13.2 Å². The van der Waals surface area contributed by atoms with Crippen LogP contribution in [0.25, 0.3) is 11.1 Å². The largest absolute Gasteiger partial charge is 0.421 e. The number of oxazole rings is 1. The second kappa shape index (κ2) is 7.69. The van der Waals surface area contributed by atoms with Crippen molar-refractivity contribution in [1.29, 1.82) is 0 Å². The number of rotatable bonds is 6. The topological polar surface area (TPSA) is 79.0 Å². The molecule has 0 unspecified atom stereocenters. The number of halogens is 1. The van der Waals surface area contributed by atoms with Crippen LogP contribution in [0.15, 0.2) is 27.4 Å². The van der Waals surface area contributed by atoms with Crippen molar-refractivity contribution in [2.45, 2.75) is 20.5 Å². The highest BCUT2D eigenvalue weighted by Crippen LogP contribution is 2.19. The summed E-state index contributed by atoms with van der Waals surface area (Å²) in [6.07, 6.45) is 0. The predicted octanol–water partition coefficient (Wildman–Crippen LogP) is 1.41. The molecule has 10 heteroatoms. The maximum atomic E-state index is 12.6. The molecule has 0 N–H and O–H groups in total. The van der Waals surface area contributed by atoms with E-state index in [4.69, 9.17) is 16.0 Å². The van der Waals surface area contributed by atoms with Crippen molar-refractivity contribution in [2.24, 2.45) is 0 Å². The van der Waals surface area contributed by atoms with E-state index in [1.807, 2.05) is 18.7 Å². The number of aromatic nitrogens is 1. The number of fused-ring (bicyclic) bond motifs is 1. The van der Waals surface area contributed by atoms with E-state index in [0.29, 0.717) is 62.1 Å². The zero-order valence-corrected chi connectivity index (χ0v) is 16.5. The highest BCUT2D eigenvalue weighted by molar-refractivity contribution is 7.86. The third-order valence-corrected chi connectivity index (χ3v) is 7.08. The number of hydrogen-bond donors (Lipinski definition) is 0. The van der Waals surface area contributed by atoms with Gasteiger partial charge in [0, 0.05) is 50.4 Å². The Balaban J connectivity index is 1.70. The average Bonchev–Trinajstić information content (AvgIpc) is 2.91. The first-order chi connectivity index (χ1) is 12.4. The average molecular weight is 403 g/mol. The Morgan fingerprint density at radius 1 is 1.15 bits per heavy atom. The number of benzene rings is 1. The molecule has 1 saturated heterocycles. The zero-order chi connectivity index (χ0) is 18.9. The minimum absolute atomic E-state index is 0.354. The predicted molar refractivity (Wildman–Crippen MR) is 100 cm³/mol. The first-order valence-corrected chi connectivity index (χ1v) is 10.4. The van der Waals surface area contributed by atoms with Crippen LogP contribution in [-0.4, -0.2) is 65.8 Å². The van der Waals surface area contributed by atoms with E-state index < -0.39 is 16.0 Å². The minimum Gasteiger partial charge on any atom is -0.408 e. The van der Waals surface area contributed by atoms with Crippen LogP contribution in [0.2, 0.25) is 5.02 Å². The Hall–Kier alpha value is -1.39. The Bertz CT molecular complexity index is 927. The maximum Gasteiger partial charge on any atom is 0.421 e. The van der Waals surface area contributed by atoms with Crippen molar-refractivity contribution >= 4 is 32.9 Å². The summed E-state index contributed by atoms with van der Waals surface area (Å²) in [7, 11) is -3.42. The lowest BCUT2D eigenvalue weighted by molar-refractivity contribution is 0.146. The normalized spacial score (nSPS) is 17.4. The monoisotopic (exact) mass is 402 g/mol. The first-order valence-electron chi connectivity index (χ1n) is 8.63. The number of hydrogen-bond acceptors (Lipinski definition) is 5. The number of piperazine rings is 1. The van der Waals surface area contributed by atoms with E-state index in [2.05, 4.69) is 0 Å². The second-order valence-corrected chi connectivity index (χ2v) is 8.52. The van der Waals surface area contributed by atoms with E-state index in [1.165, 1.54) is 8.61 Å². The van der Waals surface area contributed by atoms with E-state index in [-0.39, 0.29) is 0 Å². The molecule has 1 aromatic heterocycles. The summed E-state index contributed by atoms with van der Waals surface area (Å²) in [5, 5.41) is 0.508. The van der Waals surface area contributed by atoms with Crippen molar-refractivity contribution in [3.05, 3.63) is 33.8 Å². The van der Waals surface area contributed by atoms with Crippen molar-refractivity contribution < 1.29 is 12.8 Å². The van der Waals surface area contributed by atoms with Gasteiger partial charge in [0.15, 0.2) is 5.58 Å². The zero-order valence-electron chi connectivity index (χ0n) is 14.9. The molecule has 0 radical (unpaired) electrons. The summed E-state index contributed by atoms with van der Waals surface area (Å²) in [5.74, 6) is -0.444. The van der Waals surface area contributed by atoms with Gasteiger partial charge in [0.05, 0.1) is 12.2 Å². The maximum absolute atomic E-state index is 12.6. The Labute approximate surface area is 157 Å². The summed E-state index contributed by atoms with van der Waals surface area (Å²) in [6.45, 7) is 6.83. The van der Waals surface area contributed by atoms with Gasteiger partial charge in [-0.25, -0.2) is 4.79 Å². The van der Waals surface area contributed by atoms with Crippen LogP contribution in [-0.2, 0) is 16.9 Å². The van der Waals surface area contributed by atoms with Gasteiger partial charge in [-0.2, -0.15) is 17.0 Å². The highest BCUT2D eigenvalue weighted by atomic mass is 35.5. The van der Waals surface area contributed by atoms with Crippen LogP contribution >= 0.6 is 11.6 Å². The van der Waals surface area contributed by atoms with Gasteiger partial charge in [0.2, 0.25) is 0 Å². The summed E-state index contributed by atoms with van der Waals surface area (Å²) >= 11 is 5.93. The molecular weight excluding hydrogens is 380 g/mol. The van der Waals surface area contributed by atoms with Crippen LogP contribution in [0.1, 0.15) is 13.8 Å². The fourth-order valence-electron chi connectivity index (χ4n) is 3.19. The van der Waals surface area contributed by atoms with E-state index >= 15 is 0 Å². The first kappa shape index (κ1) is 19.4. The van der Waals surface area contributed by atoms with Gasteiger partial charge in [0.25, 0.3) is 10.2 Å². The van der Waals surface area contributed by atoms with Gasteiger partial charge < -0.3 is 4.42 Å². The molecule has 0 bridgehead atoms. The summed E-state index contributed by atoms with van der Waals surface area (Å²) in [6, 6.07) is 5.08. The Morgan fingerprint density at radius 3 is 2.42 bits per heavy atom. The minimum atomic E-state index is -3.42. The van der Waals surface area contributed by atoms with Gasteiger partial charge in [-0.15, -0.1) is 0 Å². The molecule has 144 valence electrons. The molecule has 0 amide bonds. The van der Waals surface area contributed by atoms with Crippen molar-refractivity contribution in [3.8, 4) is 0 Å². The fourth-order valence-corrected chi connectivity index (χ4v) is 4.95. The van der Waals surface area contributed by atoms with Crippen molar-refractivity contribution in [1.82, 2.24) is 18.1 Å². The van der Waals surface area contributed by atoms with Gasteiger partial charge >= 0.3 is 5.76 Å². The Kier molecular flexibility index (Phi) is 5.73. The van der Waals surface area contributed by atoms with Crippen molar-refractivity contribution in [3.63, 3.8) is 0 Å². The standard InChI is InChI=1S/C16H23ClN4O4S/c1-3-19(4-2)26(23,24)20-9-7-18(8-10-20)12-21-14-6-5-13(17)11-15(14)25-16(21)22/h5-6,11H,3-4,7-10,12H2,1-2H3. The van der Waals surface area contributed by atoms with Gasteiger partial charge in [-0.05, 0) is 12.1 Å². The van der Waals surface area contributed by atoms with Gasteiger partial charge in [-0.1, -0.05) is 25.4 Å². The SMILES string of the molecule is CCN(CC)S(=O)(=O)N1CCN(Cn2c(=O)oc3cc(Cl)ccc32)CC1. The van der Waals surface area contributed by atoms with Crippen molar-refractivity contribution in [2.75, 3.05) is 39.3 Å². The second-order valence-electron chi connectivity index (χ2n) is 6.16. The molecular formula is C16H23ClN4O4S. The highest BCUT2D eigenvalue weighted by Gasteiger charge is 2.31. The quantitative estimate of drug-likeness (QED) is 0.730. The molecule has 1 fully saturated rings. The summed E-state index contributed by atoms with van der Waals surface area (Å²) in [4.78, 5) is 14.2. The Morgan fingerprint density at radius 2 is 1.81 bits per heavy atom. The van der Waals surface area contributed by atoms with Crippen LogP contribution in [0.5, 0.6) is 0 Å². The number of nitrogens with zero attached hydrogens (tertiary/aromatic N) is 4. The van der Waals surface area contributed by atoms with Gasteiger partial charge in [0.1, 0.15) is 0 Å². The van der Waals surface area contributed by atoms with Crippen LogP contribution in [0.3, 0.4) is 0 Å². The van der Waals surface area contributed by atoms with Crippen LogP contribution < -0.4 is 5.76 Å². The lowest BCUT2D eigenvalue weighted by Crippen LogP contribution is -2.53. The van der Waals surface area contributed by atoms with Gasteiger partial charge in [-0.3, -0.25) is 9.47 Å². The third kappa shape index (κ3) is 3.67. The summed E-state index contributed by atoms with van der Waals surface area (Å²) in [5.41, 5.74) is 1.13. The molecule has 2 heterocycles. The van der Waals surface area contributed by atoms with Crippen LogP contribution in [0.4, 0.5) is 0 Å². The molecule has 1 aromatic carbocycles. The molecule has 3 rings (SSSR count).